The monoisotopic (exact) mass is 456 g/mol. The second-order valence-corrected chi connectivity index (χ2v) is 9.97. The van der Waals surface area contributed by atoms with Gasteiger partial charge in [0, 0.05) is 32.2 Å². The van der Waals surface area contributed by atoms with E-state index in [-0.39, 0.29) is 5.56 Å². The lowest BCUT2D eigenvalue weighted by Crippen LogP contribution is -2.49. The van der Waals surface area contributed by atoms with Crippen LogP contribution in [0.3, 0.4) is 0 Å². The minimum absolute atomic E-state index is 0.290. The van der Waals surface area contributed by atoms with Gasteiger partial charge < -0.3 is 4.90 Å². The van der Waals surface area contributed by atoms with E-state index in [0.717, 1.165) is 5.56 Å². The summed E-state index contributed by atoms with van der Waals surface area (Å²) < 4.78 is 42.0. The number of nitrogens with zero attached hydrogens (tertiary/aromatic N) is 4. The van der Waals surface area contributed by atoms with Crippen LogP contribution in [0, 0.1) is 5.82 Å². The summed E-state index contributed by atoms with van der Waals surface area (Å²) in [6.07, 6.45) is 0. The zero-order valence-corrected chi connectivity index (χ0v) is 18.8. The van der Waals surface area contributed by atoms with Gasteiger partial charge in [0.1, 0.15) is 11.6 Å². The highest BCUT2D eigenvalue weighted by Gasteiger charge is 2.29. The van der Waals surface area contributed by atoms with Crippen molar-refractivity contribution in [2.24, 2.45) is 0 Å². The Kier molecular flexibility index (Phi) is 6.12. The van der Waals surface area contributed by atoms with E-state index >= 15 is 0 Å². The van der Waals surface area contributed by atoms with Crippen molar-refractivity contribution < 1.29 is 12.8 Å². The van der Waals surface area contributed by atoms with Crippen LogP contribution in [0.25, 0.3) is 5.69 Å². The topological polar surface area (TPSA) is 75.5 Å². The third-order valence-corrected chi connectivity index (χ3v) is 7.52. The van der Waals surface area contributed by atoms with Gasteiger partial charge in [-0.3, -0.25) is 4.79 Å². The third kappa shape index (κ3) is 4.44. The van der Waals surface area contributed by atoms with Crippen molar-refractivity contribution in [3.8, 4) is 5.69 Å². The van der Waals surface area contributed by atoms with Crippen molar-refractivity contribution >= 4 is 15.8 Å². The molecule has 1 aliphatic rings. The van der Waals surface area contributed by atoms with Crippen molar-refractivity contribution in [3.05, 3.63) is 82.4 Å². The van der Waals surface area contributed by atoms with E-state index in [9.17, 15) is 17.6 Å². The first kappa shape index (κ1) is 22.2. The average Bonchev–Trinajstić information content (AvgIpc) is 2.80. The largest absolute Gasteiger partial charge is 0.353 e. The Hall–Kier alpha value is -3.04. The fraction of sp³-hybridized carbons (Fsp3) is 0.304. The first-order chi connectivity index (χ1) is 15.3. The van der Waals surface area contributed by atoms with Gasteiger partial charge in [0.25, 0.3) is 5.56 Å². The van der Waals surface area contributed by atoms with Crippen LogP contribution in [-0.4, -0.2) is 48.7 Å². The lowest BCUT2D eigenvalue weighted by Gasteiger charge is -2.34. The molecule has 0 spiro atoms. The predicted octanol–water partition coefficient (Wildman–Crippen LogP) is 3.01. The van der Waals surface area contributed by atoms with Gasteiger partial charge in [-0.1, -0.05) is 26.0 Å². The molecule has 1 aliphatic heterocycles. The highest BCUT2D eigenvalue weighted by molar-refractivity contribution is 7.89. The molecule has 9 heteroatoms. The summed E-state index contributed by atoms with van der Waals surface area (Å²) >= 11 is 0. The zero-order chi connectivity index (χ0) is 22.9. The molecule has 168 valence electrons. The molecule has 0 amide bonds. The van der Waals surface area contributed by atoms with Crippen molar-refractivity contribution in [3.63, 3.8) is 0 Å². The maximum Gasteiger partial charge on any atom is 0.271 e. The Bertz CT molecular complexity index is 1250. The van der Waals surface area contributed by atoms with Gasteiger partial charge in [-0.2, -0.15) is 8.99 Å². The first-order valence-electron chi connectivity index (χ1n) is 10.5. The molecule has 2 aromatic carbocycles. The number of rotatable bonds is 5. The molecule has 0 unspecified atom stereocenters. The van der Waals surface area contributed by atoms with Crippen LogP contribution in [-0.2, 0) is 10.0 Å². The fourth-order valence-corrected chi connectivity index (χ4v) is 5.09. The number of piperazine rings is 1. The molecule has 1 aromatic heterocycles. The summed E-state index contributed by atoms with van der Waals surface area (Å²) in [5, 5.41) is 4.41. The summed E-state index contributed by atoms with van der Waals surface area (Å²) in [6, 6.07) is 15.6. The van der Waals surface area contributed by atoms with Crippen LogP contribution in [0.2, 0.25) is 0 Å². The molecule has 0 aliphatic carbocycles. The van der Waals surface area contributed by atoms with E-state index in [1.165, 1.54) is 39.3 Å². The first-order valence-corrected chi connectivity index (χ1v) is 11.9. The van der Waals surface area contributed by atoms with E-state index < -0.39 is 15.8 Å². The number of benzene rings is 2. The van der Waals surface area contributed by atoms with E-state index in [0.29, 0.717) is 48.5 Å². The molecule has 0 bridgehead atoms. The number of halogens is 1. The second kappa shape index (κ2) is 8.84. The van der Waals surface area contributed by atoms with E-state index in [4.69, 9.17) is 0 Å². The quantitative estimate of drug-likeness (QED) is 0.590. The van der Waals surface area contributed by atoms with Crippen LogP contribution < -0.4 is 10.5 Å². The van der Waals surface area contributed by atoms with Gasteiger partial charge in [0.05, 0.1) is 10.6 Å². The molecule has 2 heterocycles. The van der Waals surface area contributed by atoms with Gasteiger partial charge in [0.15, 0.2) is 0 Å². The Morgan fingerprint density at radius 2 is 1.50 bits per heavy atom. The average molecular weight is 457 g/mol. The van der Waals surface area contributed by atoms with Crippen LogP contribution in [0.5, 0.6) is 0 Å². The van der Waals surface area contributed by atoms with E-state index in [1.807, 2.05) is 17.0 Å². The molecular formula is C23H25FN4O3S. The standard InChI is InChI=1S/C23H25FN4O3S/c1-17(2)18-3-9-21(10-4-18)32(30,31)27-15-13-26(14-16-27)22-11-12-23(29)28(25-22)20-7-5-19(24)6-8-20/h3-12,17H,13-16H2,1-2H3. The molecule has 7 nitrogen and oxygen atoms in total. The highest BCUT2D eigenvalue weighted by Crippen LogP contribution is 2.22. The van der Waals surface area contributed by atoms with Crippen LogP contribution in [0.15, 0.2) is 70.4 Å². The second-order valence-electron chi connectivity index (χ2n) is 8.03. The van der Waals surface area contributed by atoms with Crippen LogP contribution in [0.4, 0.5) is 10.2 Å². The molecule has 0 N–H and O–H groups in total. The molecule has 1 saturated heterocycles. The van der Waals surface area contributed by atoms with Gasteiger partial charge in [0.2, 0.25) is 10.0 Å². The SMILES string of the molecule is CC(C)c1ccc(S(=O)(=O)N2CCN(c3ccc(=O)n(-c4ccc(F)cc4)n3)CC2)cc1. The molecule has 3 aromatic rings. The summed E-state index contributed by atoms with van der Waals surface area (Å²) in [5.74, 6) is 0.502. The maximum absolute atomic E-state index is 13.2. The van der Waals surface area contributed by atoms with Crippen molar-refractivity contribution in [1.29, 1.82) is 0 Å². The minimum Gasteiger partial charge on any atom is -0.353 e. The molecular weight excluding hydrogens is 431 g/mol. The number of hydrogen-bond acceptors (Lipinski definition) is 5. The molecule has 0 radical (unpaired) electrons. The van der Waals surface area contributed by atoms with E-state index in [1.54, 1.807) is 18.2 Å². The Morgan fingerprint density at radius 1 is 0.875 bits per heavy atom. The number of sulfonamides is 1. The predicted molar refractivity (Wildman–Crippen MR) is 121 cm³/mol. The Labute approximate surface area is 186 Å². The smallest absolute Gasteiger partial charge is 0.271 e. The van der Waals surface area contributed by atoms with Gasteiger partial charge in [-0.05, 0) is 53.9 Å². The summed E-state index contributed by atoms with van der Waals surface area (Å²) in [5.41, 5.74) is 1.23. The molecule has 4 rings (SSSR count). The number of anilines is 1. The fourth-order valence-electron chi connectivity index (χ4n) is 3.67. The van der Waals surface area contributed by atoms with Crippen molar-refractivity contribution in [1.82, 2.24) is 14.1 Å². The molecule has 0 saturated carbocycles. The lowest BCUT2D eigenvalue weighted by atomic mass is 10.0. The lowest BCUT2D eigenvalue weighted by molar-refractivity contribution is 0.383. The van der Waals surface area contributed by atoms with Crippen molar-refractivity contribution in [2.45, 2.75) is 24.7 Å². The number of aromatic nitrogens is 2. The summed E-state index contributed by atoms with van der Waals surface area (Å²) in [6.45, 7) is 5.64. The van der Waals surface area contributed by atoms with Crippen molar-refractivity contribution in [2.75, 3.05) is 31.1 Å². The zero-order valence-electron chi connectivity index (χ0n) is 18.0. The van der Waals surface area contributed by atoms with E-state index in [2.05, 4.69) is 18.9 Å². The van der Waals surface area contributed by atoms with Crippen LogP contribution in [0.1, 0.15) is 25.3 Å². The Balaban J connectivity index is 1.49. The van der Waals surface area contributed by atoms with Crippen LogP contribution >= 0.6 is 0 Å². The summed E-state index contributed by atoms with van der Waals surface area (Å²) in [4.78, 5) is 14.5. The summed E-state index contributed by atoms with van der Waals surface area (Å²) in [7, 11) is -3.58. The van der Waals surface area contributed by atoms with Gasteiger partial charge in [-0.15, -0.1) is 5.10 Å². The molecule has 0 atom stereocenters. The van der Waals surface area contributed by atoms with Gasteiger partial charge in [-0.25, -0.2) is 12.8 Å². The normalized spacial score (nSPS) is 15.3. The minimum atomic E-state index is -3.58. The molecule has 1 fully saturated rings. The maximum atomic E-state index is 13.2. The van der Waals surface area contributed by atoms with Gasteiger partial charge >= 0.3 is 0 Å². The third-order valence-electron chi connectivity index (χ3n) is 5.60. The molecule has 32 heavy (non-hydrogen) atoms. The highest BCUT2D eigenvalue weighted by atomic mass is 32.2. The number of hydrogen-bond donors (Lipinski definition) is 0. The Morgan fingerprint density at radius 3 is 2.09 bits per heavy atom.